The lowest BCUT2D eigenvalue weighted by Gasteiger charge is -2.30. The van der Waals surface area contributed by atoms with Crippen molar-refractivity contribution >= 4 is 11.5 Å². The third-order valence-corrected chi connectivity index (χ3v) is 4.51. The second kappa shape index (κ2) is 9.27. The monoisotopic (exact) mass is 384 g/mol. The quantitative estimate of drug-likeness (QED) is 0.440. The largest absolute Gasteiger partial charge is 0.493 e. The van der Waals surface area contributed by atoms with Crippen LogP contribution in [-0.2, 0) is 15.6 Å². The highest BCUT2D eigenvalue weighted by atomic mass is 16.5. The molecule has 3 nitrogen and oxygen atoms in total. The van der Waals surface area contributed by atoms with Gasteiger partial charge in [-0.15, -0.1) is 0 Å². The van der Waals surface area contributed by atoms with Gasteiger partial charge in [-0.1, -0.05) is 59.8 Å². The third-order valence-electron chi connectivity index (χ3n) is 4.51. The van der Waals surface area contributed by atoms with Gasteiger partial charge in [-0.3, -0.25) is 0 Å². The van der Waals surface area contributed by atoms with E-state index in [-0.39, 0.29) is 10.8 Å². The first-order valence-corrected chi connectivity index (χ1v) is 9.85. The van der Waals surface area contributed by atoms with Gasteiger partial charge in [-0.2, -0.15) is 0 Å². The molecule has 0 aliphatic carbocycles. The van der Waals surface area contributed by atoms with Gasteiger partial charge in [0.15, 0.2) is 0 Å². The van der Waals surface area contributed by atoms with Gasteiger partial charge in [0.25, 0.3) is 0 Å². The molecule has 3 heteroatoms. The van der Waals surface area contributed by atoms with Crippen LogP contribution in [0.15, 0.2) is 42.0 Å². The minimum Gasteiger partial charge on any atom is -0.493 e. The predicted octanol–water partition coefficient (Wildman–Crippen LogP) is 6.67. The molecule has 1 rings (SSSR count). The summed E-state index contributed by atoms with van der Waals surface area (Å²) in [5, 5.41) is 8.82. The van der Waals surface area contributed by atoms with E-state index in [9.17, 15) is 4.79 Å². The van der Waals surface area contributed by atoms with E-state index >= 15 is 0 Å². The van der Waals surface area contributed by atoms with E-state index in [1.54, 1.807) is 6.92 Å². The third kappa shape index (κ3) is 6.70. The first-order chi connectivity index (χ1) is 12.8. The van der Waals surface area contributed by atoms with Crippen LogP contribution in [0.25, 0.3) is 5.57 Å². The van der Waals surface area contributed by atoms with Gasteiger partial charge in [0.05, 0.1) is 6.61 Å². The van der Waals surface area contributed by atoms with Gasteiger partial charge in [0.1, 0.15) is 5.75 Å². The number of ether oxygens (including phenoxy) is 1. The van der Waals surface area contributed by atoms with Gasteiger partial charge in [0.2, 0.25) is 0 Å². The molecule has 0 fully saturated rings. The smallest absolute Gasteiger partial charge is 0.328 e. The summed E-state index contributed by atoms with van der Waals surface area (Å²) in [5.74, 6) is 0.0637. The van der Waals surface area contributed by atoms with Crippen LogP contribution in [-0.4, -0.2) is 17.7 Å². The highest BCUT2D eigenvalue weighted by molar-refractivity contribution is 5.81. The number of carbonyl (C=O) groups is 1. The van der Waals surface area contributed by atoms with Gasteiger partial charge in [0, 0.05) is 17.2 Å². The molecule has 0 bridgehead atoms. The number of benzene rings is 1. The fourth-order valence-corrected chi connectivity index (χ4v) is 2.95. The molecular formula is C25H36O3. The van der Waals surface area contributed by atoms with E-state index in [4.69, 9.17) is 9.84 Å². The van der Waals surface area contributed by atoms with Gasteiger partial charge >= 0.3 is 5.97 Å². The van der Waals surface area contributed by atoms with Crippen LogP contribution in [0.1, 0.15) is 79.0 Å². The fraction of sp³-hybridized carbons (Fsp3) is 0.480. The number of carboxylic acid groups (broad SMARTS) is 1. The van der Waals surface area contributed by atoms with E-state index in [1.165, 1.54) is 17.2 Å². The molecule has 0 radical (unpaired) electrons. The average Bonchev–Trinajstić information content (AvgIpc) is 2.52. The normalized spacial score (nSPS) is 13.9. The molecule has 0 spiro atoms. The molecule has 1 N–H and O–H groups in total. The van der Waals surface area contributed by atoms with Crippen molar-refractivity contribution in [2.24, 2.45) is 0 Å². The van der Waals surface area contributed by atoms with Gasteiger partial charge < -0.3 is 9.84 Å². The Labute approximate surface area is 170 Å². The van der Waals surface area contributed by atoms with Crippen molar-refractivity contribution in [3.8, 4) is 5.75 Å². The minimum atomic E-state index is -0.931. The summed E-state index contributed by atoms with van der Waals surface area (Å²) in [6.07, 6.45) is 6.93. The van der Waals surface area contributed by atoms with Crippen molar-refractivity contribution in [1.82, 2.24) is 0 Å². The Morgan fingerprint density at radius 1 is 1.04 bits per heavy atom. The zero-order valence-corrected chi connectivity index (χ0v) is 18.9. The number of carboxylic acids is 1. The van der Waals surface area contributed by atoms with Crippen molar-refractivity contribution in [1.29, 1.82) is 0 Å². The maximum atomic E-state index is 10.7. The number of hydrogen-bond donors (Lipinski definition) is 1. The Bertz CT molecular complexity index is 759. The van der Waals surface area contributed by atoms with Crippen LogP contribution in [0, 0.1) is 0 Å². The summed E-state index contributed by atoms with van der Waals surface area (Å²) >= 11 is 0. The van der Waals surface area contributed by atoms with Crippen LogP contribution >= 0.6 is 0 Å². The Morgan fingerprint density at radius 2 is 1.54 bits per heavy atom. The standard InChI is InChI=1S/C25H36O3/c1-10-28-23-20(24(4,5)6)15-19(16-21(23)25(7,8)9)18(3)13-11-12-17(2)14-22(26)27/h11-16H,10H2,1-9H3,(H,26,27)/b12-11+,17-14+,18-13-. The van der Waals surface area contributed by atoms with Crippen molar-refractivity contribution in [3.05, 3.63) is 58.7 Å². The molecule has 0 unspecified atom stereocenters. The number of allylic oxidation sites excluding steroid dienone is 5. The molecule has 28 heavy (non-hydrogen) atoms. The Kier molecular flexibility index (Phi) is 7.86. The van der Waals surface area contributed by atoms with Gasteiger partial charge in [-0.05, 0) is 60.4 Å². The lowest BCUT2D eigenvalue weighted by molar-refractivity contribution is -0.131. The van der Waals surface area contributed by atoms with Crippen LogP contribution in [0.2, 0.25) is 0 Å². The van der Waals surface area contributed by atoms with Crippen molar-refractivity contribution in [2.45, 2.75) is 73.1 Å². The second-order valence-electron chi connectivity index (χ2n) is 9.27. The Hall–Kier alpha value is -2.29. The summed E-state index contributed by atoms with van der Waals surface area (Å²) in [7, 11) is 0. The fourth-order valence-electron chi connectivity index (χ4n) is 2.95. The molecule has 0 aliphatic heterocycles. The highest BCUT2D eigenvalue weighted by Crippen LogP contribution is 2.41. The topological polar surface area (TPSA) is 46.5 Å². The maximum absolute atomic E-state index is 10.7. The molecule has 0 saturated heterocycles. The van der Waals surface area contributed by atoms with Crippen LogP contribution in [0.5, 0.6) is 5.75 Å². The molecule has 0 aliphatic rings. The zero-order valence-electron chi connectivity index (χ0n) is 18.9. The van der Waals surface area contributed by atoms with E-state index in [2.05, 4.69) is 60.6 Å². The van der Waals surface area contributed by atoms with E-state index in [0.717, 1.165) is 16.9 Å². The molecule has 0 saturated carbocycles. The average molecular weight is 385 g/mol. The number of aliphatic carboxylic acids is 1. The van der Waals surface area contributed by atoms with Crippen molar-refractivity contribution in [2.75, 3.05) is 6.61 Å². The van der Waals surface area contributed by atoms with Crippen LogP contribution in [0.3, 0.4) is 0 Å². The van der Waals surface area contributed by atoms with E-state index in [0.29, 0.717) is 12.2 Å². The molecular weight excluding hydrogens is 348 g/mol. The van der Waals surface area contributed by atoms with Crippen LogP contribution in [0.4, 0.5) is 0 Å². The summed E-state index contributed by atoms with van der Waals surface area (Å²) < 4.78 is 6.11. The number of hydrogen-bond acceptors (Lipinski definition) is 2. The second-order valence-corrected chi connectivity index (χ2v) is 9.27. The Morgan fingerprint density at radius 3 is 1.93 bits per heavy atom. The molecule has 0 heterocycles. The molecule has 0 atom stereocenters. The first kappa shape index (κ1) is 23.7. The maximum Gasteiger partial charge on any atom is 0.328 e. The zero-order chi connectivity index (χ0) is 21.7. The van der Waals surface area contributed by atoms with E-state index in [1.807, 2.05) is 25.2 Å². The van der Waals surface area contributed by atoms with Crippen molar-refractivity contribution < 1.29 is 14.6 Å². The van der Waals surface area contributed by atoms with Crippen molar-refractivity contribution in [3.63, 3.8) is 0 Å². The molecule has 1 aromatic rings. The minimum absolute atomic E-state index is 0.0442. The molecule has 0 aromatic heterocycles. The Balaban J connectivity index is 3.53. The summed E-state index contributed by atoms with van der Waals surface area (Å²) in [6.45, 7) is 19.8. The molecule has 1 aromatic carbocycles. The first-order valence-electron chi connectivity index (χ1n) is 9.85. The summed E-state index contributed by atoms with van der Waals surface area (Å²) in [4.78, 5) is 10.7. The lowest BCUT2D eigenvalue weighted by Crippen LogP contribution is -2.20. The summed E-state index contributed by atoms with van der Waals surface area (Å²) in [6, 6.07) is 4.44. The molecule has 154 valence electrons. The van der Waals surface area contributed by atoms with E-state index < -0.39 is 5.97 Å². The SMILES string of the molecule is CCOc1c(C(C)(C)C)cc(\C(C)=C/C=C/C(C)=C/C(=O)O)cc1C(C)(C)C. The highest BCUT2D eigenvalue weighted by Gasteiger charge is 2.27. The summed E-state index contributed by atoms with van der Waals surface area (Å²) in [5.41, 5.74) is 5.30. The van der Waals surface area contributed by atoms with Gasteiger partial charge in [-0.25, -0.2) is 4.79 Å². The number of rotatable bonds is 6. The lowest BCUT2D eigenvalue weighted by atomic mass is 9.77. The molecule has 0 amide bonds. The van der Waals surface area contributed by atoms with Crippen LogP contribution < -0.4 is 4.74 Å². The predicted molar refractivity (Wildman–Crippen MR) is 119 cm³/mol.